The lowest BCUT2D eigenvalue weighted by molar-refractivity contribution is 0.102. The van der Waals surface area contributed by atoms with E-state index in [9.17, 15) is 9.50 Å². The molecule has 0 fully saturated rings. The molecule has 88 valence electrons. The topological polar surface area (TPSA) is 20.2 Å². The fourth-order valence-electron chi connectivity index (χ4n) is 1.73. The molecule has 0 radical (unpaired) electrons. The van der Waals surface area contributed by atoms with Gasteiger partial charge in [0.25, 0.3) is 0 Å². The quantitative estimate of drug-likeness (QED) is 0.861. The largest absolute Gasteiger partial charge is 0.381 e. The monoisotopic (exact) mass is 250 g/mol. The maximum absolute atomic E-state index is 12.8. The Bertz CT molecular complexity index is 520. The molecule has 1 N–H and O–H groups in total. The molecule has 1 nitrogen and oxygen atoms in total. The van der Waals surface area contributed by atoms with Crippen molar-refractivity contribution in [3.05, 3.63) is 70.5 Å². The van der Waals surface area contributed by atoms with Crippen molar-refractivity contribution in [2.24, 2.45) is 0 Å². The zero-order valence-corrected chi connectivity index (χ0v) is 10.1. The van der Waals surface area contributed by atoms with Gasteiger partial charge in [-0.1, -0.05) is 35.9 Å². The van der Waals surface area contributed by atoms with Crippen LogP contribution in [0.25, 0.3) is 0 Å². The Balaban J connectivity index is 2.45. The fourth-order valence-corrected chi connectivity index (χ4v) is 1.92. The van der Waals surface area contributed by atoms with Gasteiger partial charge in [-0.05, 0) is 42.3 Å². The summed E-state index contributed by atoms with van der Waals surface area (Å²) in [5, 5.41) is 11.1. The number of aliphatic hydroxyl groups is 1. The average Bonchev–Trinajstić information content (AvgIpc) is 2.29. The van der Waals surface area contributed by atoms with Crippen LogP contribution in [0.2, 0.25) is 5.02 Å². The standard InChI is InChI=1S/C14H12ClFO/c1-14(17,10-5-7-13(16)8-6-10)11-3-2-4-12(15)9-11/h2-9,17H,1H3. The van der Waals surface area contributed by atoms with E-state index in [1.165, 1.54) is 12.1 Å². The number of benzene rings is 2. The maximum atomic E-state index is 12.8. The van der Waals surface area contributed by atoms with Crippen LogP contribution >= 0.6 is 11.6 Å². The Morgan fingerprint density at radius 2 is 1.71 bits per heavy atom. The molecule has 0 aliphatic carbocycles. The van der Waals surface area contributed by atoms with Crippen molar-refractivity contribution >= 4 is 11.6 Å². The molecule has 0 heterocycles. The van der Waals surface area contributed by atoms with Crippen LogP contribution in [0.4, 0.5) is 4.39 Å². The minimum Gasteiger partial charge on any atom is -0.381 e. The van der Waals surface area contributed by atoms with Crippen molar-refractivity contribution in [3.8, 4) is 0 Å². The van der Waals surface area contributed by atoms with E-state index in [-0.39, 0.29) is 5.82 Å². The third-order valence-corrected chi connectivity index (χ3v) is 3.03. The summed E-state index contributed by atoms with van der Waals surface area (Å²) >= 11 is 5.89. The summed E-state index contributed by atoms with van der Waals surface area (Å²) in [6.45, 7) is 1.66. The number of hydrogen-bond donors (Lipinski definition) is 1. The van der Waals surface area contributed by atoms with Gasteiger partial charge in [0.1, 0.15) is 11.4 Å². The van der Waals surface area contributed by atoms with Gasteiger partial charge >= 0.3 is 0 Å². The first kappa shape index (κ1) is 12.1. The van der Waals surface area contributed by atoms with Crippen molar-refractivity contribution in [1.82, 2.24) is 0 Å². The van der Waals surface area contributed by atoms with E-state index in [2.05, 4.69) is 0 Å². The molecule has 2 aromatic rings. The van der Waals surface area contributed by atoms with Crippen LogP contribution in [-0.2, 0) is 5.60 Å². The number of hydrogen-bond acceptors (Lipinski definition) is 1. The minimum absolute atomic E-state index is 0.323. The highest BCUT2D eigenvalue weighted by molar-refractivity contribution is 6.30. The smallest absolute Gasteiger partial charge is 0.123 e. The van der Waals surface area contributed by atoms with Crippen LogP contribution < -0.4 is 0 Å². The van der Waals surface area contributed by atoms with Crippen molar-refractivity contribution in [2.75, 3.05) is 0 Å². The predicted molar refractivity (Wildman–Crippen MR) is 66.5 cm³/mol. The van der Waals surface area contributed by atoms with Crippen LogP contribution in [-0.4, -0.2) is 5.11 Å². The van der Waals surface area contributed by atoms with E-state index in [1.54, 1.807) is 43.3 Å². The third-order valence-electron chi connectivity index (χ3n) is 2.79. The number of rotatable bonds is 2. The average molecular weight is 251 g/mol. The second kappa shape index (κ2) is 4.47. The lowest BCUT2D eigenvalue weighted by atomic mass is 9.88. The van der Waals surface area contributed by atoms with Gasteiger partial charge in [0.05, 0.1) is 0 Å². The van der Waals surface area contributed by atoms with Crippen LogP contribution in [0, 0.1) is 5.82 Å². The lowest BCUT2D eigenvalue weighted by Crippen LogP contribution is -2.22. The highest BCUT2D eigenvalue weighted by atomic mass is 35.5. The van der Waals surface area contributed by atoms with Crippen LogP contribution in [0.15, 0.2) is 48.5 Å². The first-order valence-electron chi connectivity index (χ1n) is 5.24. The van der Waals surface area contributed by atoms with E-state index < -0.39 is 5.60 Å². The van der Waals surface area contributed by atoms with E-state index in [1.807, 2.05) is 0 Å². The van der Waals surface area contributed by atoms with Gasteiger partial charge in [0.2, 0.25) is 0 Å². The molecule has 2 aromatic carbocycles. The summed E-state index contributed by atoms with van der Waals surface area (Å²) in [7, 11) is 0. The summed E-state index contributed by atoms with van der Waals surface area (Å²) in [6.07, 6.45) is 0. The molecule has 0 aliphatic heterocycles. The molecule has 0 saturated heterocycles. The van der Waals surface area contributed by atoms with Gasteiger partial charge in [-0.25, -0.2) is 4.39 Å². The van der Waals surface area contributed by atoms with Crippen molar-refractivity contribution in [3.63, 3.8) is 0 Å². The molecule has 3 heteroatoms. The van der Waals surface area contributed by atoms with Crippen LogP contribution in [0.5, 0.6) is 0 Å². The maximum Gasteiger partial charge on any atom is 0.123 e. The van der Waals surface area contributed by atoms with Crippen molar-refractivity contribution < 1.29 is 9.50 Å². The van der Waals surface area contributed by atoms with E-state index >= 15 is 0 Å². The Hall–Kier alpha value is -1.38. The van der Waals surface area contributed by atoms with Gasteiger partial charge in [-0.3, -0.25) is 0 Å². The summed E-state index contributed by atoms with van der Waals surface area (Å²) < 4.78 is 12.8. The predicted octanol–water partition coefficient (Wildman–Crippen LogP) is 3.73. The van der Waals surface area contributed by atoms with Gasteiger partial charge in [0, 0.05) is 5.02 Å². The first-order chi connectivity index (χ1) is 8.00. The van der Waals surface area contributed by atoms with Gasteiger partial charge in [-0.2, -0.15) is 0 Å². The van der Waals surface area contributed by atoms with E-state index in [0.717, 1.165) is 0 Å². The summed E-state index contributed by atoms with van der Waals surface area (Å²) in [6, 6.07) is 12.8. The molecule has 0 bridgehead atoms. The number of halogens is 2. The summed E-state index contributed by atoms with van der Waals surface area (Å²) in [4.78, 5) is 0. The molecular weight excluding hydrogens is 239 g/mol. The SMILES string of the molecule is CC(O)(c1ccc(F)cc1)c1cccc(Cl)c1. The van der Waals surface area contributed by atoms with Gasteiger partial charge in [-0.15, -0.1) is 0 Å². The normalized spacial score (nSPS) is 14.4. The van der Waals surface area contributed by atoms with Gasteiger partial charge < -0.3 is 5.11 Å². The van der Waals surface area contributed by atoms with E-state index in [0.29, 0.717) is 16.1 Å². The minimum atomic E-state index is -1.18. The first-order valence-corrected chi connectivity index (χ1v) is 5.62. The fraction of sp³-hybridized carbons (Fsp3) is 0.143. The second-order valence-corrected chi connectivity index (χ2v) is 4.53. The second-order valence-electron chi connectivity index (χ2n) is 4.09. The Morgan fingerprint density at radius 1 is 1.06 bits per heavy atom. The summed E-state index contributed by atoms with van der Waals surface area (Å²) in [5.74, 6) is -0.323. The Kier molecular flexibility index (Phi) is 3.18. The molecule has 0 aliphatic rings. The lowest BCUT2D eigenvalue weighted by Gasteiger charge is -2.24. The summed E-state index contributed by atoms with van der Waals surface area (Å²) in [5.41, 5.74) is 0.122. The van der Waals surface area contributed by atoms with Gasteiger partial charge in [0.15, 0.2) is 0 Å². The molecule has 1 unspecified atom stereocenters. The molecule has 17 heavy (non-hydrogen) atoms. The Labute approximate surface area is 104 Å². The van der Waals surface area contributed by atoms with Crippen LogP contribution in [0.1, 0.15) is 18.1 Å². The molecule has 1 atom stereocenters. The molecule has 0 saturated carbocycles. The molecular formula is C14H12ClFO. The molecule has 2 rings (SSSR count). The molecule has 0 amide bonds. The zero-order valence-electron chi connectivity index (χ0n) is 9.32. The third kappa shape index (κ3) is 2.48. The highest BCUT2D eigenvalue weighted by Gasteiger charge is 2.25. The van der Waals surface area contributed by atoms with Crippen LogP contribution in [0.3, 0.4) is 0 Å². The molecule has 0 spiro atoms. The van der Waals surface area contributed by atoms with Crippen molar-refractivity contribution in [1.29, 1.82) is 0 Å². The van der Waals surface area contributed by atoms with Crippen molar-refractivity contribution in [2.45, 2.75) is 12.5 Å². The highest BCUT2D eigenvalue weighted by Crippen LogP contribution is 2.30. The van der Waals surface area contributed by atoms with E-state index in [4.69, 9.17) is 11.6 Å². The molecule has 0 aromatic heterocycles. The zero-order chi connectivity index (χ0) is 12.5. The Morgan fingerprint density at radius 3 is 2.29 bits per heavy atom.